The van der Waals surface area contributed by atoms with Crippen LogP contribution in [-0.4, -0.2) is 12.2 Å². The molecule has 0 amide bonds. The Labute approximate surface area is 112 Å². The minimum atomic E-state index is 0.336. The van der Waals surface area contributed by atoms with Crippen LogP contribution in [0.4, 0.5) is 0 Å². The highest BCUT2D eigenvalue weighted by atomic mass is 16.5. The molecule has 2 aromatic carbocycles. The summed E-state index contributed by atoms with van der Waals surface area (Å²) >= 11 is 0. The molecule has 1 heterocycles. The van der Waals surface area contributed by atoms with Crippen LogP contribution in [0.5, 0.6) is 0 Å². The van der Waals surface area contributed by atoms with Gasteiger partial charge < -0.3 is 4.74 Å². The van der Waals surface area contributed by atoms with Crippen molar-refractivity contribution in [1.82, 2.24) is 0 Å². The quantitative estimate of drug-likeness (QED) is 0.685. The molecule has 2 aromatic rings. The first-order chi connectivity index (χ1) is 9.42. The highest BCUT2D eigenvalue weighted by Crippen LogP contribution is 2.47. The second-order valence-corrected chi connectivity index (χ2v) is 5.64. The van der Waals surface area contributed by atoms with Gasteiger partial charge in [-0.2, -0.15) is 0 Å². The Morgan fingerprint density at radius 2 is 1.95 bits per heavy atom. The van der Waals surface area contributed by atoms with Crippen molar-refractivity contribution in [3.63, 3.8) is 0 Å². The lowest BCUT2D eigenvalue weighted by atomic mass is 9.74. The molecule has 1 aliphatic heterocycles. The van der Waals surface area contributed by atoms with Crippen LogP contribution in [0.25, 0.3) is 16.3 Å². The lowest BCUT2D eigenvalue weighted by Gasteiger charge is -2.45. The topological polar surface area (TPSA) is 9.23 Å². The van der Waals surface area contributed by atoms with Crippen molar-refractivity contribution in [2.75, 3.05) is 0 Å². The summed E-state index contributed by atoms with van der Waals surface area (Å²) in [5.41, 5.74) is 5.87. The van der Waals surface area contributed by atoms with Gasteiger partial charge in [0, 0.05) is 6.42 Å². The van der Waals surface area contributed by atoms with Gasteiger partial charge in [-0.15, -0.1) is 0 Å². The molecule has 19 heavy (non-hydrogen) atoms. The second kappa shape index (κ2) is 3.37. The van der Waals surface area contributed by atoms with Gasteiger partial charge in [-0.3, -0.25) is 0 Å². The van der Waals surface area contributed by atoms with Gasteiger partial charge in [0.15, 0.2) is 0 Å². The fraction of sp³-hybridized carbons (Fsp3) is 0.222. The third kappa shape index (κ3) is 1.19. The first-order valence-electron chi connectivity index (χ1n) is 6.99. The van der Waals surface area contributed by atoms with Gasteiger partial charge >= 0.3 is 0 Å². The molecule has 0 saturated carbocycles. The number of benzene rings is 2. The Bertz CT molecular complexity index is 766. The number of fused-ring (bicyclic) bond motifs is 4. The number of allylic oxidation sites excluding steroid dienone is 2. The molecule has 2 unspecified atom stereocenters. The molecule has 0 spiro atoms. The van der Waals surface area contributed by atoms with Crippen LogP contribution in [-0.2, 0) is 11.2 Å². The number of rotatable bonds is 0. The number of hydrogen-bond donors (Lipinski definition) is 0. The largest absolute Gasteiger partial charge is 0.365 e. The molecule has 0 aromatic heterocycles. The minimum absolute atomic E-state index is 0.336. The molecule has 2 aliphatic carbocycles. The molecular weight excluding hydrogens is 232 g/mol. The smallest absolute Gasteiger partial charge is 0.0868 e. The lowest BCUT2D eigenvalue weighted by Crippen LogP contribution is -2.45. The van der Waals surface area contributed by atoms with Crippen LogP contribution in [0.15, 0.2) is 54.1 Å². The molecule has 1 saturated heterocycles. The second-order valence-electron chi connectivity index (χ2n) is 5.64. The Morgan fingerprint density at radius 3 is 2.95 bits per heavy atom. The van der Waals surface area contributed by atoms with Crippen LogP contribution < -0.4 is 0 Å². The number of hydrogen-bond acceptors (Lipinski definition) is 1. The third-order valence-corrected chi connectivity index (χ3v) is 4.69. The van der Waals surface area contributed by atoms with E-state index < -0.39 is 0 Å². The summed E-state index contributed by atoms with van der Waals surface area (Å²) in [6, 6.07) is 13.2. The van der Waals surface area contributed by atoms with Crippen molar-refractivity contribution in [1.29, 1.82) is 0 Å². The van der Waals surface area contributed by atoms with Crippen molar-refractivity contribution in [3.8, 4) is 0 Å². The Balaban J connectivity index is 1.85. The Morgan fingerprint density at radius 1 is 1.00 bits per heavy atom. The molecule has 0 radical (unpaired) electrons. The molecule has 1 fully saturated rings. The average Bonchev–Trinajstić information content (AvgIpc) is 2.45. The number of ether oxygens (including phenoxy) is 1. The summed E-state index contributed by atoms with van der Waals surface area (Å²) < 4.78 is 6.01. The van der Waals surface area contributed by atoms with Crippen molar-refractivity contribution < 1.29 is 4.74 Å². The van der Waals surface area contributed by atoms with Gasteiger partial charge in [-0.05, 0) is 39.5 Å². The molecule has 0 N–H and O–H groups in total. The molecule has 92 valence electrons. The average molecular weight is 246 g/mol. The molecule has 3 aliphatic rings. The van der Waals surface area contributed by atoms with Crippen LogP contribution in [0.3, 0.4) is 0 Å². The maximum Gasteiger partial charge on any atom is 0.0868 e. The first-order valence-corrected chi connectivity index (χ1v) is 6.99. The first kappa shape index (κ1) is 9.99. The lowest BCUT2D eigenvalue weighted by molar-refractivity contribution is -0.0547. The van der Waals surface area contributed by atoms with Gasteiger partial charge in [0.25, 0.3) is 0 Å². The maximum atomic E-state index is 6.01. The standard InChI is InChI=1S/C18H14O/c1-2-5-12-11(4-1)8-9-13-14-6-3-7-16-18(14)17(19-16)10-15(12)13/h1-6,8-9,16-17H,7,10H2. The molecule has 2 atom stereocenters. The van der Waals surface area contributed by atoms with E-state index in [0.29, 0.717) is 12.2 Å². The van der Waals surface area contributed by atoms with Gasteiger partial charge in [0.2, 0.25) is 0 Å². The summed E-state index contributed by atoms with van der Waals surface area (Å²) in [6.45, 7) is 0. The van der Waals surface area contributed by atoms with Crippen LogP contribution in [0.2, 0.25) is 0 Å². The van der Waals surface area contributed by atoms with Crippen molar-refractivity contribution in [2.45, 2.75) is 25.0 Å². The zero-order valence-electron chi connectivity index (χ0n) is 10.6. The maximum absolute atomic E-state index is 6.01. The van der Waals surface area contributed by atoms with E-state index in [9.17, 15) is 0 Å². The van der Waals surface area contributed by atoms with Crippen molar-refractivity contribution in [2.24, 2.45) is 0 Å². The summed E-state index contributed by atoms with van der Waals surface area (Å²) in [7, 11) is 0. The molecule has 1 nitrogen and oxygen atoms in total. The normalized spacial score (nSPS) is 26.9. The fourth-order valence-corrected chi connectivity index (χ4v) is 3.81. The summed E-state index contributed by atoms with van der Waals surface area (Å²) in [6.07, 6.45) is 7.35. The van der Waals surface area contributed by atoms with E-state index in [4.69, 9.17) is 4.74 Å². The highest BCUT2D eigenvalue weighted by Gasteiger charge is 2.42. The summed E-state index contributed by atoms with van der Waals surface area (Å²) in [5, 5.41) is 2.72. The molecule has 0 bridgehead atoms. The Hall–Kier alpha value is -1.86. The monoisotopic (exact) mass is 246 g/mol. The SMILES string of the molecule is C1=CC2=C3C(C1)OC3Cc1c2ccc2ccccc12. The molecule has 1 heteroatoms. The van der Waals surface area contributed by atoms with E-state index in [1.807, 2.05) is 0 Å². The molecular formula is C18H14O. The Kier molecular flexibility index (Phi) is 1.77. The van der Waals surface area contributed by atoms with E-state index in [1.165, 1.54) is 27.5 Å². The minimum Gasteiger partial charge on any atom is -0.365 e. The fourth-order valence-electron chi connectivity index (χ4n) is 3.81. The van der Waals surface area contributed by atoms with E-state index in [2.05, 4.69) is 48.6 Å². The van der Waals surface area contributed by atoms with E-state index >= 15 is 0 Å². The van der Waals surface area contributed by atoms with Crippen LogP contribution in [0, 0.1) is 0 Å². The molecule has 5 rings (SSSR count). The highest BCUT2D eigenvalue weighted by molar-refractivity contribution is 5.94. The summed E-state index contributed by atoms with van der Waals surface area (Å²) in [5.74, 6) is 0. The van der Waals surface area contributed by atoms with Gasteiger partial charge in [0.05, 0.1) is 12.2 Å². The van der Waals surface area contributed by atoms with Crippen molar-refractivity contribution in [3.05, 3.63) is 65.3 Å². The van der Waals surface area contributed by atoms with E-state index in [-0.39, 0.29) is 0 Å². The van der Waals surface area contributed by atoms with Crippen LogP contribution in [0.1, 0.15) is 17.5 Å². The predicted octanol–water partition coefficient (Wildman–Crippen LogP) is 3.88. The van der Waals surface area contributed by atoms with Crippen molar-refractivity contribution >= 4 is 16.3 Å². The van der Waals surface area contributed by atoms with Gasteiger partial charge in [0.1, 0.15) is 0 Å². The predicted molar refractivity (Wildman–Crippen MR) is 77.0 cm³/mol. The zero-order chi connectivity index (χ0) is 12.4. The zero-order valence-corrected chi connectivity index (χ0v) is 10.6. The summed E-state index contributed by atoms with van der Waals surface area (Å²) in [4.78, 5) is 0. The van der Waals surface area contributed by atoms with Gasteiger partial charge in [-0.25, -0.2) is 0 Å². The van der Waals surface area contributed by atoms with E-state index in [1.54, 1.807) is 5.57 Å². The van der Waals surface area contributed by atoms with Gasteiger partial charge in [-0.1, -0.05) is 48.6 Å². The van der Waals surface area contributed by atoms with E-state index in [0.717, 1.165) is 12.8 Å². The van der Waals surface area contributed by atoms with Crippen LogP contribution >= 0.6 is 0 Å². The third-order valence-electron chi connectivity index (χ3n) is 4.69.